The molecule has 524 valence electrons. The summed E-state index contributed by atoms with van der Waals surface area (Å²) in [5, 5.41) is 14.0. The molecule has 91 heavy (non-hydrogen) atoms. The molecule has 0 radical (unpaired) electrons. The number of nitrogens with one attached hydrogen (secondary N) is 1. The molecule has 0 aliphatic carbocycles. The van der Waals surface area contributed by atoms with Gasteiger partial charge in [0.05, 0.1) is 39.9 Å². The van der Waals surface area contributed by atoms with Gasteiger partial charge in [-0.15, -0.1) is 0 Å². The van der Waals surface area contributed by atoms with Crippen molar-refractivity contribution in [2.24, 2.45) is 0 Å². The van der Waals surface area contributed by atoms with Crippen molar-refractivity contribution in [2.45, 2.75) is 341 Å². The number of nitrogens with zero attached hydrogens (tertiary/aromatic N) is 1. The Morgan fingerprint density at radius 2 is 0.659 bits per heavy atom. The Bertz CT molecular complexity index is 1950. The van der Waals surface area contributed by atoms with Crippen LogP contribution in [0.15, 0.2) is 134 Å². The minimum atomic E-state index is -4.37. The SMILES string of the molecule is CC/C=C\C/C=C\C/C=C\C/C=C\C/C=C\C/C=C\C/C=C\C/C=C\C/C=C\C/C=C\CCCCCCCCCCCCC(=O)NC(COP(=O)(O)OCC[N+](C)(C)C)C(O)/C=C/CCCCCCCCCCCCCCCCCCCCCCCCCCCC. The summed E-state index contributed by atoms with van der Waals surface area (Å²) in [7, 11) is 1.56. The number of phosphoric ester groups is 1. The molecular formula is C82H146N2O6P+. The van der Waals surface area contributed by atoms with Crippen LogP contribution in [0.25, 0.3) is 0 Å². The minimum Gasteiger partial charge on any atom is -0.387 e. The number of aliphatic hydroxyl groups is 1. The van der Waals surface area contributed by atoms with Crippen molar-refractivity contribution in [1.29, 1.82) is 0 Å². The molecule has 8 nitrogen and oxygen atoms in total. The molecule has 3 unspecified atom stereocenters. The summed E-state index contributed by atoms with van der Waals surface area (Å²) in [6.45, 7) is 4.72. The van der Waals surface area contributed by atoms with E-state index in [0.717, 1.165) is 109 Å². The first-order chi connectivity index (χ1) is 44.5. The lowest BCUT2D eigenvalue weighted by Crippen LogP contribution is -2.45. The fourth-order valence-electron chi connectivity index (χ4n) is 10.8. The Labute approximate surface area is 564 Å². The molecule has 3 N–H and O–H groups in total. The van der Waals surface area contributed by atoms with E-state index >= 15 is 0 Å². The van der Waals surface area contributed by atoms with Gasteiger partial charge in [0.15, 0.2) is 0 Å². The zero-order valence-electron chi connectivity index (χ0n) is 60.0. The number of carbonyl (C=O) groups is 1. The van der Waals surface area contributed by atoms with Crippen LogP contribution in [0.2, 0.25) is 0 Å². The molecule has 9 heteroatoms. The van der Waals surface area contributed by atoms with Crippen LogP contribution in [0, 0.1) is 0 Å². The van der Waals surface area contributed by atoms with Gasteiger partial charge < -0.3 is 19.8 Å². The van der Waals surface area contributed by atoms with E-state index in [1.165, 1.54) is 199 Å². The van der Waals surface area contributed by atoms with Gasteiger partial charge in [0.25, 0.3) is 0 Å². The van der Waals surface area contributed by atoms with Crippen LogP contribution in [0.4, 0.5) is 0 Å². The monoisotopic (exact) mass is 1290 g/mol. The Balaban J connectivity index is 4.09. The molecule has 0 aromatic rings. The summed E-state index contributed by atoms with van der Waals surface area (Å²) in [4.78, 5) is 23.5. The standard InChI is InChI=1S/C82H145N2O6P/c1-6-8-10-12-14-16-18-20-22-24-26-28-30-32-34-36-37-38-39-40-41-42-43-44-45-46-47-48-50-52-54-56-58-60-62-64-66-68-70-72-74-76-82(86)83-80(79-90-91(87,88)89-78-77-84(3,4)5)81(85)75-73-71-69-67-65-63-61-59-57-55-53-51-49-35-33-31-29-27-25-23-21-19-17-15-13-11-9-7-2/h8,10,14,16,20,22,26,28,32,34,37-38,40-41,43-44,46-47,50,52,73,75,80-81,85H,6-7,9,11-13,15,17-19,21,23-25,27,29-31,33,35-36,39,42,45,48-49,51,53-72,74,76-79H2,1-5H3,(H-,83,86,87,88)/p+1/b10-8-,16-14-,22-20-,28-26-,34-32-,38-37-,41-40-,44-43-,47-46-,52-50-,75-73+. The Kier molecular flexibility index (Phi) is 68.3. The van der Waals surface area contributed by atoms with Gasteiger partial charge in [-0.3, -0.25) is 13.8 Å². The second-order valence-electron chi connectivity index (χ2n) is 26.6. The van der Waals surface area contributed by atoms with E-state index in [9.17, 15) is 19.4 Å². The summed E-state index contributed by atoms with van der Waals surface area (Å²) in [6.07, 6.45) is 108. The maximum atomic E-state index is 13.1. The van der Waals surface area contributed by atoms with Crippen LogP contribution in [0.1, 0.15) is 328 Å². The molecule has 0 aromatic carbocycles. The van der Waals surface area contributed by atoms with Crippen LogP contribution in [0.3, 0.4) is 0 Å². The number of amides is 1. The summed E-state index contributed by atoms with van der Waals surface area (Å²) >= 11 is 0. The van der Waals surface area contributed by atoms with Crippen LogP contribution in [0.5, 0.6) is 0 Å². The lowest BCUT2D eigenvalue weighted by Gasteiger charge is -2.25. The van der Waals surface area contributed by atoms with Crippen molar-refractivity contribution in [1.82, 2.24) is 5.32 Å². The second-order valence-corrected chi connectivity index (χ2v) is 28.1. The number of aliphatic hydroxyl groups excluding tert-OH is 1. The third-order valence-corrected chi connectivity index (χ3v) is 17.6. The van der Waals surface area contributed by atoms with Gasteiger partial charge in [-0.2, -0.15) is 0 Å². The van der Waals surface area contributed by atoms with Gasteiger partial charge in [-0.1, -0.05) is 359 Å². The van der Waals surface area contributed by atoms with Crippen molar-refractivity contribution in [3.8, 4) is 0 Å². The normalized spacial score (nSPS) is 14.3. The quantitative estimate of drug-likeness (QED) is 0.0243. The fraction of sp³-hybridized carbons (Fsp3) is 0.720. The maximum Gasteiger partial charge on any atom is 0.472 e. The molecule has 1 amide bonds. The van der Waals surface area contributed by atoms with E-state index in [-0.39, 0.29) is 19.1 Å². The topological polar surface area (TPSA) is 105 Å². The molecule has 0 spiro atoms. The molecule has 0 rings (SSSR count). The first kappa shape index (κ1) is 87.6. The van der Waals surface area contributed by atoms with E-state index in [0.29, 0.717) is 17.4 Å². The van der Waals surface area contributed by atoms with E-state index in [1.54, 1.807) is 6.08 Å². The first-order valence-electron chi connectivity index (χ1n) is 38.1. The van der Waals surface area contributed by atoms with Gasteiger partial charge in [-0.05, 0) is 96.3 Å². The highest BCUT2D eigenvalue weighted by Crippen LogP contribution is 2.43. The Morgan fingerprint density at radius 1 is 0.385 bits per heavy atom. The molecule has 3 atom stereocenters. The largest absolute Gasteiger partial charge is 0.472 e. The summed E-state index contributed by atoms with van der Waals surface area (Å²) in [5.74, 6) is -0.183. The molecule has 0 saturated heterocycles. The van der Waals surface area contributed by atoms with E-state index in [1.807, 2.05) is 27.2 Å². The number of allylic oxidation sites excluding steroid dienone is 21. The molecule has 0 aromatic heterocycles. The number of likely N-dealkylation sites (N-methyl/N-ethyl adjacent to an activating group) is 1. The fourth-order valence-corrected chi connectivity index (χ4v) is 11.5. The van der Waals surface area contributed by atoms with E-state index < -0.39 is 20.0 Å². The third kappa shape index (κ3) is 73.9. The van der Waals surface area contributed by atoms with Crippen molar-refractivity contribution < 1.29 is 32.9 Å². The zero-order valence-corrected chi connectivity index (χ0v) is 60.9. The maximum absolute atomic E-state index is 13.1. The summed E-state index contributed by atoms with van der Waals surface area (Å²) < 4.78 is 23.9. The number of carbonyl (C=O) groups excluding carboxylic acids is 1. The minimum absolute atomic E-state index is 0.0557. The number of unbranched alkanes of at least 4 members (excludes halogenated alkanes) is 36. The first-order valence-corrected chi connectivity index (χ1v) is 39.6. The van der Waals surface area contributed by atoms with Crippen molar-refractivity contribution in [3.63, 3.8) is 0 Å². The van der Waals surface area contributed by atoms with Crippen LogP contribution < -0.4 is 5.32 Å². The number of quaternary nitrogens is 1. The highest BCUT2D eigenvalue weighted by molar-refractivity contribution is 7.47. The summed E-state index contributed by atoms with van der Waals surface area (Å²) in [6, 6.07) is -0.860. The van der Waals surface area contributed by atoms with Crippen LogP contribution >= 0.6 is 7.82 Å². The zero-order chi connectivity index (χ0) is 66.2. The number of phosphoric acid groups is 1. The molecule has 0 heterocycles. The average molecular weight is 1290 g/mol. The predicted octanol–water partition coefficient (Wildman–Crippen LogP) is 24.9. The number of rotatable bonds is 69. The van der Waals surface area contributed by atoms with Crippen molar-refractivity contribution in [3.05, 3.63) is 134 Å². The molecule has 0 bridgehead atoms. The third-order valence-electron chi connectivity index (χ3n) is 16.6. The molecule has 0 aliphatic heterocycles. The predicted molar refractivity (Wildman–Crippen MR) is 401 cm³/mol. The average Bonchev–Trinajstić information content (AvgIpc) is 3.59. The Hall–Kier alpha value is -3.36. The van der Waals surface area contributed by atoms with E-state index in [4.69, 9.17) is 9.05 Å². The van der Waals surface area contributed by atoms with Gasteiger partial charge in [-0.25, -0.2) is 4.57 Å². The Morgan fingerprint density at radius 3 is 0.967 bits per heavy atom. The highest BCUT2D eigenvalue weighted by Gasteiger charge is 2.28. The van der Waals surface area contributed by atoms with Crippen molar-refractivity contribution >= 4 is 13.7 Å². The van der Waals surface area contributed by atoms with Crippen LogP contribution in [-0.2, 0) is 18.4 Å². The van der Waals surface area contributed by atoms with Gasteiger partial charge in [0.1, 0.15) is 13.2 Å². The van der Waals surface area contributed by atoms with Gasteiger partial charge in [0.2, 0.25) is 5.91 Å². The lowest BCUT2D eigenvalue weighted by atomic mass is 10.0. The van der Waals surface area contributed by atoms with Crippen LogP contribution in [-0.4, -0.2) is 73.4 Å². The van der Waals surface area contributed by atoms with Crippen molar-refractivity contribution in [2.75, 3.05) is 40.9 Å². The molecule has 0 aliphatic rings. The van der Waals surface area contributed by atoms with E-state index in [2.05, 4.69) is 141 Å². The second kappa shape index (κ2) is 70.9. The molecular weight excluding hydrogens is 1140 g/mol. The molecule has 0 saturated carbocycles. The van der Waals surface area contributed by atoms with Gasteiger partial charge in [0, 0.05) is 6.42 Å². The molecule has 0 fully saturated rings. The summed E-state index contributed by atoms with van der Waals surface area (Å²) in [5.41, 5.74) is 0. The highest BCUT2D eigenvalue weighted by atomic mass is 31.2. The smallest absolute Gasteiger partial charge is 0.387 e. The van der Waals surface area contributed by atoms with Gasteiger partial charge >= 0.3 is 7.82 Å². The number of hydrogen-bond donors (Lipinski definition) is 3. The number of hydrogen-bond acceptors (Lipinski definition) is 5. The lowest BCUT2D eigenvalue weighted by molar-refractivity contribution is -0.870.